The van der Waals surface area contributed by atoms with Crippen molar-refractivity contribution in [3.63, 3.8) is 0 Å². The first kappa shape index (κ1) is 18.5. The van der Waals surface area contributed by atoms with E-state index in [1.807, 2.05) is 18.2 Å². The van der Waals surface area contributed by atoms with Gasteiger partial charge < -0.3 is 10.1 Å². The third-order valence-electron chi connectivity index (χ3n) is 4.51. The molecule has 0 aliphatic heterocycles. The van der Waals surface area contributed by atoms with E-state index in [4.69, 9.17) is 4.74 Å². The summed E-state index contributed by atoms with van der Waals surface area (Å²) in [4.78, 5) is 12.8. The first-order valence-corrected chi connectivity index (χ1v) is 10.8. The molecular formula is C20H23NO4S. The van der Waals surface area contributed by atoms with Crippen LogP contribution in [-0.4, -0.2) is 32.9 Å². The fourth-order valence-corrected chi connectivity index (χ4v) is 3.62. The number of rotatable bonds is 6. The zero-order valence-electron chi connectivity index (χ0n) is 14.8. The van der Waals surface area contributed by atoms with Gasteiger partial charge in [0, 0.05) is 18.0 Å². The molecule has 1 aliphatic carbocycles. The normalized spacial score (nSPS) is 16.6. The number of amides is 1. The topological polar surface area (TPSA) is 72.5 Å². The summed E-state index contributed by atoms with van der Waals surface area (Å²) >= 11 is 0. The quantitative estimate of drug-likeness (QED) is 0.844. The van der Waals surface area contributed by atoms with Crippen LogP contribution in [0.15, 0.2) is 48.5 Å². The summed E-state index contributed by atoms with van der Waals surface area (Å²) in [6.07, 6.45) is 4.04. The van der Waals surface area contributed by atoms with E-state index in [0.717, 1.165) is 24.8 Å². The van der Waals surface area contributed by atoms with Gasteiger partial charge in [0.15, 0.2) is 9.84 Å². The molecule has 1 unspecified atom stereocenters. The highest BCUT2D eigenvalue weighted by Gasteiger charge is 2.26. The second-order valence-electron chi connectivity index (χ2n) is 6.64. The van der Waals surface area contributed by atoms with E-state index >= 15 is 0 Å². The Bertz CT molecular complexity index is 892. The molecular weight excluding hydrogens is 350 g/mol. The molecule has 138 valence electrons. The van der Waals surface area contributed by atoms with Crippen molar-refractivity contribution in [1.29, 1.82) is 0 Å². The average molecular weight is 373 g/mol. The van der Waals surface area contributed by atoms with Gasteiger partial charge in [0.1, 0.15) is 12.4 Å². The summed E-state index contributed by atoms with van der Waals surface area (Å²) in [6.45, 7) is 0.0895. The number of ether oxygens (including phenoxy) is 1. The smallest absolute Gasteiger partial charge is 0.231 e. The monoisotopic (exact) mass is 373 g/mol. The molecule has 2 aromatic rings. The Morgan fingerprint density at radius 2 is 2.00 bits per heavy atom. The van der Waals surface area contributed by atoms with E-state index in [2.05, 4.69) is 11.4 Å². The molecule has 6 heteroatoms. The van der Waals surface area contributed by atoms with Crippen LogP contribution in [0.4, 0.5) is 5.69 Å². The number of fused-ring (bicyclic) bond motifs is 1. The maximum atomic E-state index is 12.8. The van der Waals surface area contributed by atoms with E-state index < -0.39 is 9.84 Å². The van der Waals surface area contributed by atoms with Crippen LogP contribution in [0, 0.1) is 0 Å². The summed E-state index contributed by atoms with van der Waals surface area (Å²) < 4.78 is 27.8. The van der Waals surface area contributed by atoms with Crippen LogP contribution in [0.25, 0.3) is 0 Å². The number of benzene rings is 2. The Kier molecular flexibility index (Phi) is 5.61. The van der Waals surface area contributed by atoms with Crippen molar-refractivity contribution in [2.75, 3.05) is 23.9 Å². The molecule has 3 rings (SSSR count). The molecule has 0 fully saturated rings. The third kappa shape index (κ3) is 4.85. The molecule has 1 aliphatic rings. The van der Waals surface area contributed by atoms with E-state index in [-0.39, 0.29) is 24.2 Å². The van der Waals surface area contributed by atoms with Gasteiger partial charge in [-0.1, -0.05) is 30.3 Å². The fourth-order valence-electron chi connectivity index (χ4n) is 3.23. The van der Waals surface area contributed by atoms with E-state index in [9.17, 15) is 13.2 Å². The Labute approximate surface area is 154 Å². The molecule has 5 nitrogen and oxygen atoms in total. The molecule has 2 aromatic carbocycles. The molecule has 1 amide bonds. The van der Waals surface area contributed by atoms with Crippen LogP contribution in [-0.2, 0) is 21.1 Å². The molecule has 0 spiro atoms. The van der Waals surface area contributed by atoms with Gasteiger partial charge in [0.05, 0.1) is 11.7 Å². The van der Waals surface area contributed by atoms with Gasteiger partial charge in [-0.2, -0.15) is 0 Å². The number of carbonyl (C=O) groups excluding carboxylic acids is 1. The van der Waals surface area contributed by atoms with Gasteiger partial charge in [-0.3, -0.25) is 4.79 Å². The minimum atomic E-state index is -3.06. The van der Waals surface area contributed by atoms with Crippen molar-refractivity contribution in [1.82, 2.24) is 0 Å². The lowest BCUT2D eigenvalue weighted by Crippen LogP contribution is -2.24. The molecule has 0 saturated carbocycles. The number of carbonyl (C=O) groups is 1. The third-order valence-corrected chi connectivity index (χ3v) is 5.42. The molecule has 26 heavy (non-hydrogen) atoms. The van der Waals surface area contributed by atoms with Gasteiger partial charge in [0.2, 0.25) is 5.91 Å². The summed E-state index contributed by atoms with van der Waals surface area (Å²) in [5.74, 6) is 0.332. The largest absolute Gasteiger partial charge is 0.492 e. The highest BCUT2D eigenvalue weighted by atomic mass is 32.2. The standard InChI is InChI=1S/C20H23NO4S/c1-26(23,24)13-12-25-17-9-5-8-16(14-17)21-20(22)19-11-4-7-15-6-2-3-10-18(15)19/h2-3,5-6,8-10,14,19H,4,7,11-13H2,1H3,(H,21,22). The zero-order chi connectivity index (χ0) is 18.6. The minimum absolute atomic E-state index is 0.0227. The van der Waals surface area contributed by atoms with Crippen LogP contribution < -0.4 is 10.1 Å². The molecule has 1 N–H and O–H groups in total. The molecule has 1 atom stereocenters. The number of aryl methyl sites for hydroxylation is 1. The van der Waals surface area contributed by atoms with Crippen LogP contribution in [0.1, 0.15) is 29.9 Å². The van der Waals surface area contributed by atoms with Crippen LogP contribution in [0.5, 0.6) is 5.75 Å². The molecule has 0 saturated heterocycles. The zero-order valence-corrected chi connectivity index (χ0v) is 15.6. The lowest BCUT2D eigenvalue weighted by atomic mass is 9.82. The van der Waals surface area contributed by atoms with Gasteiger partial charge in [0.25, 0.3) is 0 Å². The van der Waals surface area contributed by atoms with Crippen LogP contribution in [0.3, 0.4) is 0 Å². The highest BCUT2D eigenvalue weighted by Crippen LogP contribution is 2.32. The molecule has 0 radical (unpaired) electrons. The van der Waals surface area contributed by atoms with Gasteiger partial charge in [-0.25, -0.2) is 8.42 Å². The van der Waals surface area contributed by atoms with Gasteiger partial charge >= 0.3 is 0 Å². The maximum absolute atomic E-state index is 12.8. The van der Waals surface area contributed by atoms with Gasteiger partial charge in [-0.05, 0) is 42.5 Å². The van der Waals surface area contributed by atoms with E-state index in [0.29, 0.717) is 11.4 Å². The predicted molar refractivity (Wildman–Crippen MR) is 102 cm³/mol. The molecule has 0 heterocycles. The number of hydrogen-bond donors (Lipinski definition) is 1. The minimum Gasteiger partial charge on any atom is -0.492 e. The van der Waals surface area contributed by atoms with Gasteiger partial charge in [-0.15, -0.1) is 0 Å². The first-order chi connectivity index (χ1) is 12.4. The number of nitrogens with one attached hydrogen (secondary N) is 1. The predicted octanol–water partition coefficient (Wildman–Crippen LogP) is 3.17. The highest BCUT2D eigenvalue weighted by molar-refractivity contribution is 7.90. The average Bonchev–Trinajstić information content (AvgIpc) is 2.60. The molecule has 0 aromatic heterocycles. The number of sulfone groups is 1. The number of anilines is 1. The Balaban J connectivity index is 1.66. The van der Waals surface area contributed by atoms with Crippen LogP contribution >= 0.6 is 0 Å². The van der Waals surface area contributed by atoms with Crippen molar-refractivity contribution in [2.45, 2.75) is 25.2 Å². The number of hydrogen-bond acceptors (Lipinski definition) is 4. The molecule has 0 bridgehead atoms. The summed E-state index contributed by atoms with van der Waals surface area (Å²) in [7, 11) is -3.06. The van der Waals surface area contributed by atoms with Crippen LogP contribution in [0.2, 0.25) is 0 Å². The lowest BCUT2D eigenvalue weighted by molar-refractivity contribution is -0.117. The Morgan fingerprint density at radius 1 is 1.19 bits per heavy atom. The maximum Gasteiger partial charge on any atom is 0.231 e. The summed E-state index contributed by atoms with van der Waals surface area (Å²) in [6, 6.07) is 15.1. The van der Waals surface area contributed by atoms with E-state index in [1.165, 1.54) is 11.8 Å². The van der Waals surface area contributed by atoms with Crippen molar-refractivity contribution >= 4 is 21.4 Å². The fraction of sp³-hybridized carbons (Fsp3) is 0.350. The van der Waals surface area contributed by atoms with E-state index in [1.54, 1.807) is 24.3 Å². The van der Waals surface area contributed by atoms with Crippen molar-refractivity contribution in [3.05, 3.63) is 59.7 Å². The van der Waals surface area contributed by atoms with Crippen molar-refractivity contribution < 1.29 is 17.9 Å². The lowest BCUT2D eigenvalue weighted by Gasteiger charge is -2.24. The second-order valence-corrected chi connectivity index (χ2v) is 8.90. The Hall–Kier alpha value is -2.34. The van der Waals surface area contributed by atoms with Crippen molar-refractivity contribution in [3.8, 4) is 5.75 Å². The Morgan fingerprint density at radius 3 is 2.81 bits per heavy atom. The van der Waals surface area contributed by atoms with Crippen molar-refractivity contribution in [2.24, 2.45) is 0 Å². The first-order valence-electron chi connectivity index (χ1n) is 8.72. The summed E-state index contributed by atoms with van der Waals surface area (Å²) in [5, 5.41) is 2.96. The SMILES string of the molecule is CS(=O)(=O)CCOc1cccc(NC(=O)C2CCCc3ccccc32)c1. The second kappa shape index (κ2) is 7.91. The summed E-state index contributed by atoms with van der Waals surface area (Å²) in [5.41, 5.74) is 3.00.